The molecule has 0 unspecified atom stereocenters. The molecule has 0 fully saturated rings. The first kappa shape index (κ1) is 12.8. The van der Waals surface area contributed by atoms with Gasteiger partial charge in [-0.1, -0.05) is 25.0 Å². The Morgan fingerprint density at radius 1 is 1.44 bits per heavy atom. The van der Waals surface area contributed by atoms with E-state index in [0.29, 0.717) is 0 Å². The normalized spacial score (nSPS) is 10.1. The van der Waals surface area contributed by atoms with Crippen LogP contribution < -0.4 is 0 Å². The second-order valence-electron chi connectivity index (χ2n) is 1.89. The minimum atomic E-state index is 1.26. The predicted molar refractivity (Wildman–Crippen MR) is 62.4 cm³/mol. The lowest BCUT2D eigenvalue weighted by Crippen LogP contribution is -1.70. The van der Waals surface area contributed by atoms with E-state index in [4.69, 9.17) is 0 Å². The summed E-state index contributed by atoms with van der Waals surface area (Å²) >= 11 is 4.24. The molecule has 0 amide bonds. The zero-order valence-corrected chi connectivity index (χ0v) is 10.6. The summed E-state index contributed by atoms with van der Waals surface area (Å²) in [6.07, 6.45) is 4.70. The van der Waals surface area contributed by atoms with Crippen LogP contribution in [0.25, 0.3) is 0 Å². The second kappa shape index (κ2) is 11.9. The molecule has 9 heavy (non-hydrogen) atoms. The van der Waals surface area contributed by atoms with Crippen molar-refractivity contribution >= 4 is 37.2 Å². The smallest absolute Gasteiger partial charge is 0 e. The average Bonchev–Trinajstić information content (AvgIpc) is 1.93. The van der Waals surface area contributed by atoms with E-state index in [1.165, 1.54) is 18.4 Å². The van der Waals surface area contributed by atoms with Gasteiger partial charge in [0, 0.05) is 37.2 Å². The SMILES string of the molecule is C/C=C(/C)CCC.II. The van der Waals surface area contributed by atoms with E-state index in [9.17, 15) is 0 Å². The Labute approximate surface area is 81.8 Å². The van der Waals surface area contributed by atoms with Crippen molar-refractivity contribution in [1.29, 1.82) is 0 Å². The van der Waals surface area contributed by atoms with Crippen LogP contribution in [0.4, 0.5) is 0 Å². The predicted octanol–water partition coefficient (Wildman–Crippen LogP) is 4.52. The maximum Gasteiger partial charge on any atom is 0 e. The first-order valence-electron chi connectivity index (χ1n) is 3.07. The Balaban J connectivity index is 0. The van der Waals surface area contributed by atoms with Gasteiger partial charge in [0.1, 0.15) is 0 Å². The zero-order chi connectivity index (χ0) is 7.70. The molecule has 0 atom stereocenters. The first-order valence-corrected chi connectivity index (χ1v) is 9.36. The summed E-state index contributed by atoms with van der Waals surface area (Å²) in [5.41, 5.74) is 1.50. The molecule has 2 heteroatoms. The van der Waals surface area contributed by atoms with Crippen molar-refractivity contribution in [1.82, 2.24) is 0 Å². The maximum atomic E-state index is 2.20. The van der Waals surface area contributed by atoms with Crippen molar-refractivity contribution in [2.24, 2.45) is 0 Å². The summed E-state index contributed by atoms with van der Waals surface area (Å²) in [6.45, 7) is 6.46. The Morgan fingerprint density at radius 3 is 2.00 bits per heavy atom. The molecule has 0 aromatic rings. The number of hydrogen-bond donors (Lipinski definition) is 0. The molecular weight excluding hydrogens is 338 g/mol. The summed E-state index contributed by atoms with van der Waals surface area (Å²) in [5.74, 6) is 0. The van der Waals surface area contributed by atoms with Crippen molar-refractivity contribution in [2.75, 3.05) is 0 Å². The first-order chi connectivity index (χ1) is 4.31. The van der Waals surface area contributed by atoms with Gasteiger partial charge >= 0.3 is 0 Å². The van der Waals surface area contributed by atoms with Crippen LogP contribution in [0.2, 0.25) is 0 Å². The van der Waals surface area contributed by atoms with Crippen LogP contribution in [-0.4, -0.2) is 0 Å². The third-order valence-corrected chi connectivity index (χ3v) is 1.14. The fraction of sp³-hybridized carbons (Fsp3) is 0.714. The number of allylic oxidation sites excluding steroid dienone is 2. The molecule has 0 radical (unpaired) electrons. The molecular formula is C7H14I2. The van der Waals surface area contributed by atoms with Gasteiger partial charge in [0.15, 0.2) is 0 Å². The highest BCUT2D eigenvalue weighted by atomic mass is 128. The minimum absolute atomic E-state index is 1.26. The minimum Gasteiger partial charge on any atom is -0.0887 e. The van der Waals surface area contributed by atoms with E-state index in [0.717, 1.165) is 0 Å². The Morgan fingerprint density at radius 2 is 1.89 bits per heavy atom. The van der Waals surface area contributed by atoms with Crippen LogP contribution in [0.3, 0.4) is 0 Å². The number of halogens is 2. The second-order valence-corrected chi connectivity index (χ2v) is 1.89. The molecule has 0 aromatic heterocycles. The third kappa shape index (κ3) is 12.4. The fourth-order valence-corrected chi connectivity index (χ4v) is 0.539. The van der Waals surface area contributed by atoms with Crippen molar-refractivity contribution in [2.45, 2.75) is 33.6 Å². The van der Waals surface area contributed by atoms with Gasteiger partial charge in [-0.3, -0.25) is 0 Å². The van der Waals surface area contributed by atoms with Gasteiger partial charge in [-0.15, -0.1) is 0 Å². The molecule has 0 bridgehead atoms. The molecule has 0 nitrogen and oxygen atoms in total. The molecule has 0 saturated heterocycles. The van der Waals surface area contributed by atoms with Crippen LogP contribution in [0.1, 0.15) is 33.6 Å². The molecule has 0 rings (SSSR count). The van der Waals surface area contributed by atoms with E-state index < -0.39 is 0 Å². The van der Waals surface area contributed by atoms with Crippen molar-refractivity contribution < 1.29 is 0 Å². The van der Waals surface area contributed by atoms with Crippen molar-refractivity contribution in [3.05, 3.63) is 11.6 Å². The molecule has 0 aromatic carbocycles. The lowest BCUT2D eigenvalue weighted by atomic mass is 10.2. The molecule has 0 aliphatic rings. The quantitative estimate of drug-likeness (QED) is 0.506. The fourth-order valence-electron chi connectivity index (χ4n) is 0.539. The van der Waals surface area contributed by atoms with Gasteiger partial charge in [-0.2, -0.15) is 0 Å². The van der Waals surface area contributed by atoms with Crippen LogP contribution >= 0.6 is 37.2 Å². The summed E-state index contributed by atoms with van der Waals surface area (Å²) in [5, 5.41) is 0. The van der Waals surface area contributed by atoms with Gasteiger partial charge in [0.2, 0.25) is 0 Å². The Bertz CT molecular complexity index is 67.3. The van der Waals surface area contributed by atoms with Crippen molar-refractivity contribution in [3.8, 4) is 0 Å². The highest BCUT2D eigenvalue weighted by Crippen LogP contribution is 2.00. The van der Waals surface area contributed by atoms with Gasteiger partial charge in [-0.05, 0) is 20.3 Å². The lowest BCUT2D eigenvalue weighted by molar-refractivity contribution is 0.903. The van der Waals surface area contributed by atoms with E-state index in [1.807, 2.05) is 0 Å². The van der Waals surface area contributed by atoms with E-state index in [2.05, 4.69) is 64.1 Å². The van der Waals surface area contributed by atoms with E-state index >= 15 is 0 Å². The summed E-state index contributed by atoms with van der Waals surface area (Å²) in [7, 11) is 0. The largest absolute Gasteiger partial charge is 0.0887 e. The van der Waals surface area contributed by atoms with Gasteiger partial charge < -0.3 is 0 Å². The molecule has 0 spiro atoms. The van der Waals surface area contributed by atoms with E-state index in [-0.39, 0.29) is 0 Å². The van der Waals surface area contributed by atoms with Crippen molar-refractivity contribution in [3.63, 3.8) is 0 Å². The molecule has 0 aliphatic carbocycles. The average molecular weight is 352 g/mol. The van der Waals surface area contributed by atoms with Crippen LogP contribution in [0, 0.1) is 0 Å². The Kier molecular flexibility index (Phi) is 17.0. The topological polar surface area (TPSA) is 0 Å². The monoisotopic (exact) mass is 352 g/mol. The molecule has 0 heterocycles. The van der Waals surface area contributed by atoms with Gasteiger partial charge in [-0.25, -0.2) is 0 Å². The third-order valence-electron chi connectivity index (χ3n) is 1.14. The molecule has 56 valence electrons. The summed E-state index contributed by atoms with van der Waals surface area (Å²) in [6, 6.07) is 0. The van der Waals surface area contributed by atoms with Crippen LogP contribution in [0.15, 0.2) is 11.6 Å². The number of hydrogen-bond acceptors (Lipinski definition) is 0. The highest BCUT2D eigenvalue weighted by molar-refractivity contribution is 15.0. The maximum absolute atomic E-state index is 2.20. The van der Waals surface area contributed by atoms with Crippen LogP contribution in [-0.2, 0) is 0 Å². The van der Waals surface area contributed by atoms with Crippen LogP contribution in [0.5, 0.6) is 0 Å². The summed E-state index contributed by atoms with van der Waals surface area (Å²) < 4.78 is 0. The van der Waals surface area contributed by atoms with Gasteiger partial charge in [0.25, 0.3) is 0 Å². The molecule has 0 aliphatic heterocycles. The molecule has 0 saturated carbocycles. The Hall–Kier alpha value is 1.20. The number of rotatable bonds is 2. The lowest BCUT2D eigenvalue weighted by Gasteiger charge is -1.91. The summed E-state index contributed by atoms with van der Waals surface area (Å²) in [4.78, 5) is 0. The standard InChI is InChI=1S/C7H14.I2/c1-4-6-7(3)5-2;1-2/h5H,4,6H2,1-3H3;/b7-5-;. The molecule has 0 N–H and O–H groups in total. The van der Waals surface area contributed by atoms with Gasteiger partial charge in [0.05, 0.1) is 0 Å². The highest BCUT2D eigenvalue weighted by Gasteiger charge is 1.79. The van der Waals surface area contributed by atoms with E-state index in [1.54, 1.807) is 0 Å². The zero-order valence-electron chi connectivity index (χ0n) is 6.25.